The molecule has 25 heavy (non-hydrogen) atoms. The summed E-state index contributed by atoms with van der Waals surface area (Å²) >= 11 is 0. The van der Waals surface area contributed by atoms with E-state index in [4.69, 9.17) is 4.74 Å². The quantitative estimate of drug-likeness (QED) is 0.850. The summed E-state index contributed by atoms with van der Waals surface area (Å²) < 4.78 is 7.82. The van der Waals surface area contributed by atoms with Gasteiger partial charge in [0, 0.05) is 38.1 Å². The van der Waals surface area contributed by atoms with Gasteiger partial charge in [0.2, 0.25) is 5.95 Å². The molecule has 0 unspecified atom stereocenters. The van der Waals surface area contributed by atoms with E-state index in [-0.39, 0.29) is 0 Å². The lowest BCUT2D eigenvalue weighted by Crippen LogP contribution is -2.38. The van der Waals surface area contributed by atoms with Crippen molar-refractivity contribution < 1.29 is 4.74 Å². The molecule has 0 spiro atoms. The van der Waals surface area contributed by atoms with Crippen LogP contribution in [-0.2, 0) is 17.7 Å². The summed E-state index contributed by atoms with van der Waals surface area (Å²) in [5.41, 5.74) is 1.20. The average Bonchev–Trinajstić information content (AvgIpc) is 3.08. The molecule has 1 saturated heterocycles. The summed E-state index contributed by atoms with van der Waals surface area (Å²) in [5.74, 6) is 3.40. The van der Waals surface area contributed by atoms with Crippen LogP contribution in [-0.4, -0.2) is 44.5 Å². The van der Waals surface area contributed by atoms with Crippen molar-refractivity contribution in [1.29, 1.82) is 0 Å². The minimum atomic E-state index is 0.315. The van der Waals surface area contributed by atoms with Crippen molar-refractivity contribution in [1.82, 2.24) is 24.7 Å². The number of ether oxygens (including phenoxy) is 1. The summed E-state index contributed by atoms with van der Waals surface area (Å²) in [5, 5.41) is 9.01. The summed E-state index contributed by atoms with van der Waals surface area (Å²) in [4.78, 5) is 11.3. The number of fused-ring (bicyclic) bond motifs is 1. The van der Waals surface area contributed by atoms with Gasteiger partial charge in [0.05, 0.1) is 12.6 Å². The first kappa shape index (κ1) is 16.4. The first-order chi connectivity index (χ1) is 12.3. The Kier molecular flexibility index (Phi) is 4.65. The number of aryl methyl sites for hydroxylation is 1. The van der Waals surface area contributed by atoms with Gasteiger partial charge in [0.15, 0.2) is 5.82 Å². The number of aromatic nitrogens is 5. The zero-order chi connectivity index (χ0) is 17.2. The van der Waals surface area contributed by atoms with Gasteiger partial charge < -0.3 is 14.2 Å². The van der Waals surface area contributed by atoms with Crippen molar-refractivity contribution in [3.05, 3.63) is 29.6 Å². The smallest absolute Gasteiger partial charge is 0.225 e. The van der Waals surface area contributed by atoms with E-state index in [1.165, 1.54) is 5.56 Å². The molecule has 0 N–H and O–H groups in total. The van der Waals surface area contributed by atoms with Crippen LogP contribution in [0.4, 0.5) is 5.95 Å². The molecule has 2 aliphatic rings. The van der Waals surface area contributed by atoms with Gasteiger partial charge in [-0.3, -0.25) is 0 Å². The highest BCUT2D eigenvalue weighted by atomic mass is 16.5. The highest BCUT2D eigenvalue weighted by molar-refractivity contribution is 5.32. The lowest BCUT2D eigenvalue weighted by molar-refractivity contribution is 0.0823. The van der Waals surface area contributed by atoms with Gasteiger partial charge in [-0.15, -0.1) is 10.2 Å². The fourth-order valence-corrected chi connectivity index (χ4v) is 3.88. The van der Waals surface area contributed by atoms with E-state index in [1.54, 1.807) is 0 Å². The van der Waals surface area contributed by atoms with Crippen LogP contribution in [0.25, 0.3) is 0 Å². The molecule has 0 aliphatic carbocycles. The van der Waals surface area contributed by atoms with Crippen LogP contribution in [0.3, 0.4) is 0 Å². The van der Waals surface area contributed by atoms with Crippen LogP contribution in [0.5, 0.6) is 0 Å². The Hall–Kier alpha value is -2.02. The van der Waals surface area contributed by atoms with Crippen LogP contribution in [0.15, 0.2) is 12.4 Å². The molecule has 1 fully saturated rings. The van der Waals surface area contributed by atoms with Gasteiger partial charge in [-0.2, -0.15) is 0 Å². The fraction of sp³-hybridized carbons (Fsp3) is 0.667. The normalized spacial score (nSPS) is 21.4. The summed E-state index contributed by atoms with van der Waals surface area (Å²) in [6.07, 6.45) is 8.11. The van der Waals surface area contributed by atoms with Gasteiger partial charge in [-0.25, -0.2) is 9.97 Å². The molecular formula is C18H26N6O. The van der Waals surface area contributed by atoms with Crippen LogP contribution < -0.4 is 4.90 Å². The molecule has 4 heterocycles. The Morgan fingerprint density at radius 3 is 2.64 bits per heavy atom. The number of anilines is 1. The van der Waals surface area contributed by atoms with Crippen molar-refractivity contribution in [3.8, 4) is 0 Å². The van der Waals surface area contributed by atoms with Crippen LogP contribution >= 0.6 is 0 Å². The highest BCUT2D eigenvalue weighted by Crippen LogP contribution is 2.31. The molecule has 7 nitrogen and oxygen atoms in total. The van der Waals surface area contributed by atoms with E-state index in [1.807, 2.05) is 12.4 Å². The number of hydrogen-bond donors (Lipinski definition) is 0. The molecule has 134 valence electrons. The molecular weight excluding hydrogens is 316 g/mol. The molecule has 0 radical (unpaired) electrons. The van der Waals surface area contributed by atoms with Gasteiger partial charge >= 0.3 is 0 Å². The van der Waals surface area contributed by atoms with Crippen molar-refractivity contribution >= 4 is 5.95 Å². The second-order valence-corrected chi connectivity index (χ2v) is 7.10. The van der Waals surface area contributed by atoms with E-state index in [9.17, 15) is 0 Å². The van der Waals surface area contributed by atoms with Crippen LogP contribution in [0.2, 0.25) is 0 Å². The van der Waals surface area contributed by atoms with Gasteiger partial charge in [-0.1, -0.05) is 13.3 Å². The van der Waals surface area contributed by atoms with Crippen molar-refractivity contribution in [2.45, 2.75) is 58.0 Å². The van der Waals surface area contributed by atoms with E-state index >= 15 is 0 Å². The molecule has 2 aromatic heterocycles. The first-order valence-electron chi connectivity index (χ1n) is 9.33. The Labute approximate surface area is 148 Å². The minimum Gasteiger partial charge on any atom is -0.381 e. The predicted octanol–water partition coefficient (Wildman–Crippen LogP) is 2.50. The third-order valence-corrected chi connectivity index (χ3v) is 5.15. The van der Waals surface area contributed by atoms with Crippen molar-refractivity contribution in [2.24, 2.45) is 0 Å². The molecule has 2 aliphatic heterocycles. The van der Waals surface area contributed by atoms with Gasteiger partial charge in [0.25, 0.3) is 0 Å². The second kappa shape index (κ2) is 7.07. The van der Waals surface area contributed by atoms with Crippen LogP contribution in [0.1, 0.15) is 62.3 Å². The molecule has 2 aromatic rings. The van der Waals surface area contributed by atoms with Crippen LogP contribution in [0, 0.1) is 0 Å². The van der Waals surface area contributed by atoms with Gasteiger partial charge in [-0.05, 0) is 31.7 Å². The second-order valence-electron chi connectivity index (χ2n) is 7.10. The molecule has 0 saturated carbocycles. The highest BCUT2D eigenvalue weighted by Gasteiger charge is 2.31. The molecule has 1 atom stereocenters. The lowest BCUT2D eigenvalue weighted by Gasteiger charge is -2.34. The third kappa shape index (κ3) is 3.25. The largest absolute Gasteiger partial charge is 0.381 e. The van der Waals surface area contributed by atoms with E-state index in [0.29, 0.717) is 18.5 Å². The SMILES string of the molecule is CCCc1cnc(N2Cc3nnc(C4CCOCC4)n3[C@@H](C)C2)nc1. The number of nitrogens with zero attached hydrogens (tertiary/aromatic N) is 6. The maximum Gasteiger partial charge on any atom is 0.225 e. The standard InChI is InChI=1S/C18H26N6O/c1-3-4-14-9-19-18(20-10-14)23-11-13(2)24-16(12-23)21-22-17(24)15-5-7-25-8-6-15/h9-10,13,15H,3-8,11-12H2,1-2H3/t13-/m0/s1. The topological polar surface area (TPSA) is 69.0 Å². The molecule has 4 rings (SSSR count). The van der Waals surface area contributed by atoms with Crippen molar-refractivity contribution in [2.75, 3.05) is 24.7 Å². The first-order valence-corrected chi connectivity index (χ1v) is 9.33. The average molecular weight is 342 g/mol. The lowest BCUT2D eigenvalue weighted by atomic mass is 9.99. The number of rotatable bonds is 4. The summed E-state index contributed by atoms with van der Waals surface area (Å²) in [6, 6.07) is 0.315. The molecule has 0 bridgehead atoms. The Morgan fingerprint density at radius 1 is 1.16 bits per heavy atom. The third-order valence-electron chi connectivity index (χ3n) is 5.15. The van der Waals surface area contributed by atoms with Gasteiger partial charge in [0.1, 0.15) is 5.82 Å². The summed E-state index contributed by atoms with van der Waals surface area (Å²) in [7, 11) is 0. The van der Waals surface area contributed by atoms with Crippen molar-refractivity contribution in [3.63, 3.8) is 0 Å². The molecule has 0 amide bonds. The van der Waals surface area contributed by atoms with E-state index < -0.39 is 0 Å². The number of hydrogen-bond acceptors (Lipinski definition) is 6. The Morgan fingerprint density at radius 2 is 1.92 bits per heavy atom. The zero-order valence-corrected chi connectivity index (χ0v) is 15.1. The maximum atomic E-state index is 5.49. The zero-order valence-electron chi connectivity index (χ0n) is 15.1. The maximum absolute atomic E-state index is 5.49. The minimum absolute atomic E-state index is 0.315. The molecule has 7 heteroatoms. The Bertz CT molecular complexity index is 707. The molecule has 0 aromatic carbocycles. The summed E-state index contributed by atoms with van der Waals surface area (Å²) in [6.45, 7) is 7.65. The Balaban J connectivity index is 1.54. The van der Waals surface area contributed by atoms with E-state index in [2.05, 4.69) is 43.5 Å². The van der Waals surface area contributed by atoms with E-state index in [0.717, 1.165) is 63.0 Å². The predicted molar refractivity (Wildman–Crippen MR) is 94.6 cm³/mol. The monoisotopic (exact) mass is 342 g/mol. The fourth-order valence-electron chi connectivity index (χ4n) is 3.88.